The van der Waals surface area contributed by atoms with E-state index in [0.29, 0.717) is 23.4 Å². The molecule has 0 spiro atoms. The number of carbonyl (C=O) groups is 3. The lowest BCUT2D eigenvalue weighted by molar-refractivity contribution is -0.119. The van der Waals surface area contributed by atoms with Crippen molar-refractivity contribution in [1.29, 1.82) is 0 Å². The second kappa shape index (κ2) is 9.71. The zero-order chi connectivity index (χ0) is 21.7. The van der Waals surface area contributed by atoms with Gasteiger partial charge in [-0.3, -0.25) is 14.5 Å². The molecule has 9 heteroatoms. The summed E-state index contributed by atoms with van der Waals surface area (Å²) in [5.41, 5.74) is 2.37. The van der Waals surface area contributed by atoms with E-state index in [-0.39, 0.29) is 30.2 Å². The van der Waals surface area contributed by atoms with E-state index < -0.39 is 18.0 Å². The van der Waals surface area contributed by atoms with Crippen LogP contribution in [0.25, 0.3) is 11.1 Å². The van der Waals surface area contributed by atoms with Crippen LogP contribution in [-0.4, -0.2) is 42.4 Å². The molecule has 30 heavy (non-hydrogen) atoms. The highest BCUT2D eigenvalue weighted by Crippen LogP contribution is 2.29. The van der Waals surface area contributed by atoms with Crippen molar-refractivity contribution in [1.82, 2.24) is 10.6 Å². The molecule has 158 valence electrons. The number of ether oxygens (including phenoxy) is 1. The van der Waals surface area contributed by atoms with Crippen molar-refractivity contribution in [2.24, 2.45) is 0 Å². The summed E-state index contributed by atoms with van der Waals surface area (Å²) in [6, 6.07) is 11.8. The van der Waals surface area contributed by atoms with Gasteiger partial charge in [-0.25, -0.2) is 9.18 Å². The predicted molar refractivity (Wildman–Crippen MR) is 114 cm³/mol. The van der Waals surface area contributed by atoms with Crippen LogP contribution in [0.15, 0.2) is 42.5 Å². The van der Waals surface area contributed by atoms with Crippen LogP contribution in [0, 0.1) is 5.82 Å². The predicted octanol–water partition coefficient (Wildman–Crippen LogP) is 2.97. The van der Waals surface area contributed by atoms with Crippen LogP contribution in [0.2, 0.25) is 0 Å². The number of nitrogens with zero attached hydrogens (tertiary/aromatic N) is 1. The number of nitrogens with one attached hydrogen (secondary N) is 2. The quantitative estimate of drug-likeness (QED) is 0.600. The van der Waals surface area contributed by atoms with E-state index in [2.05, 4.69) is 26.6 Å². The topological polar surface area (TPSA) is 87.7 Å². The molecular formula is C21H21BrFN3O4. The van der Waals surface area contributed by atoms with Gasteiger partial charge in [0.05, 0.1) is 24.1 Å². The van der Waals surface area contributed by atoms with E-state index >= 15 is 0 Å². The maximum atomic E-state index is 14.8. The van der Waals surface area contributed by atoms with Gasteiger partial charge < -0.3 is 15.4 Å². The number of hydrogen-bond donors (Lipinski definition) is 2. The second-order valence-electron chi connectivity index (χ2n) is 6.82. The Morgan fingerprint density at radius 2 is 1.93 bits per heavy atom. The third kappa shape index (κ3) is 5.35. The Kier molecular flexibility index (Phi) is 7.04. The van der Waals surface area contributed by atoms with Gasteiger partial charge in [-0.05, 0) is 29.3 Å². The Morgan fingerprint density at radius 3 is 2.57 bits per heavy atom. The molecule has 0 aliphatic carbocycles. The summed E-state index contributed by atoms with van der Waals surface area (Å²) in [6.07, 6.45) is -1.06. The largest absolute Gasteiger partial charge is 0.442 e. The first kappa shape index (κ1) is 21.8. The fourth-order valence-electron chi connectivity index (χ4n) is 3.05. The highest BCUT2D eigenvalue weighted by molar-refractivity contribution is 9.09. The average Bonchev–Trinajstić information content (AvgIpc) is 3.11. The van der Waals surface area contributed by atoms with E-state index in [0.717, 1.165) is 5.56 Å². The molecule has 3 rings (SSSR count). The normalized spacial score (nSPS) is 15.6. The minimum atomic E-state index is -0.576. The zero-order valence-electron chi connectivity index (χ0n) is 16.3. The van der Waals surface area contributed by atoms with Crippen LogP contribution < -0.4 is 15.5 Å². The molecule has 1 aliphatic heterocycles. The van der Waals surface area contributed by atoms with Gasteiger partial charge in [0.15, 0.2) is 0 Å². The van der Waals surface area contributed by atoms with Gasteiger partial charge in [-0.2, -0.15) is 0 Å². The number of rotatable bonds is 7. The maximum absolute atomic E-state index is 14.8. The summed E-state index contributed by atoms with van der Waals surface area (Å²) >= 11 is 3.09. The second-order valence-corrected chi connectivity index (χ2v) is 7.39. The standard InChI is InChI=1S/C21H21BrFN3O4/c1-13(27)24-11-17-12-26(21(29)30-17)16-6-7-18(19(23)8-16)15-4-2-14(3-5-15)10-25-20(28)9-22/h2-8,17H,9-12H2,1H3,(H,24,27)(H,25,28)/t17-/m0/s1. The molecule has 0 aromatic heterocycles. The van der Waals surface area contributed by atoms with Gasteiger partial charge in [-0.15, -0.1) is 0 Å². The lowest BCUT2D eigenvalue weighted by Gasteiger charge is -2.15. The molecule has 2 N–H and O–H groups in total. The van der Waals surface area contributed by atoms with E-state index in [9.17, 15) is 18.8 Å². The lowest BCUT2D eigenvalue weighted by Crippen LogP contribution is -2.33. The van der Waals surface area contributed by atoms with Crippen molar-refractivity contribution in [3.63, 3.8) is 0 Å². The van der Waals surface area contributed by atoms with Gasteiger partial charge >= 0.3 is 6.09 Å². The van der Waals surface area contributed by atoms with Crippen molar-refractivity contribution in [2.75, 3.05) is 23.3 Å². The summed E-state index contributed by atoms with van der Waals surface area (Å²) in [6.45, 7) is 2.21. The number of amides is 3. The molecule has 1 atom stereocenters. The molecule has 0 bridgehead atoms. The van der Waals surface area contributed by atoms with Crippen molar-refractivity contribution in [3.05, 3.63) is 53.8 Å². The number of alkyl halides is 1. The van der Waals surface area contributed by atoms with Gasteiger partial charge in [0, 0.05) is 19.0 Å². The lowest BCUT2D eigenvalue weighted by atomic mass is 10.0. The van der Waals surface area contributed by atoms with Gasteiger partial charge in [-0.1, -0.05) is 40.2 Å². The van der Waals surface area contributed by atoms with Gasteiger partial charge in [0.1, 0.15) is 11.9 Å². The first-order valence-electron chi connectivity index (χ1n) is 9.31. The zero-order valence-corrected chi connectivity index (χ0v) is 17.9. The number of cyclic esters (lactones) is 1. The third-order valence-corrected chi connectivity index (χ3v) is 5.10. The fraction of sp³-hybridized carbons (Fsp3) is 0.286. The Balaban J connectivity index is 1.69. The van der Waals surface area contributed by atoms with Crippen molar-refractivity contribution in [3.8, 4) is 11.1 Å². The smallest absolute Gasteiger partial charge is 0.414 e. The Bertz CT molecular complexity index is 952. The molecule has 2 aromatic rings. The van der Waals surface area contributed by atoms with Crippen LogP contribution >= 0.6 is 15.9 Å². The molecule has 3 amide bonds. The number of anilines is 1. The molecule has 1 saturated heterocycles. The third-order valence-electron chi connectivity index (χ3n) is 4.59. The first-order valence-corrected chi connectivity index (χ1v) is 10.4. The summed E-state index contributed by atoms with van der Waals surface area (Å²) in [5.74, 6) is -0.789. The Labute approximate surface area is 181 Å². The van der Waals surface area contributed by atoms with Crippen LogP contribution in [-0.2, 0) is 20.9 Å². The number of halogens is 2. The number of benzene rings is 2. The van der Waals surface area contributed by atoms with E-state index in [1.807, 2.05) is 12.1 Å². The van der Waals surface area contributed by atoms with Gasteiger partial charge in [0.25, 0.3) is 0 Å². The number of hydrogen-bond acceptors (Lipinski definition) is 4. The monoisotopic (exact) mass is 477 g/mol. The van der Waals surface area contributed by atoms with Crippen molar-refractivity contribution in [2.45, 2.75) is 19.6 Å². The maximum Gasteiger partial charge on any atom is 0.414 e. The van der Waals surface area contributed by atoms with Gasteiger partial charge in [0.2, 0.25) is 11.8 Å². The molecule has 0 saturated carbocycles. The molecule has 1 heterocycles. The van der Waals surface area contributed by atoms with E-state index in [1.165, 1.54) is 17.9 Å². The van der Waals surface area contributed by atoms with Crippen LogP contribution in [0.3, 0.4) is 0 Å². The molecule has 1 fully saturated rings. The highest BCUT2D eigenvalue weighted by atomic mass is 79.9. The fourth-order valence-corrected chi connectivity index (χ4v) is 3.25. The average molecular weight is 478 g/mol. The molecular weight excluding hydrogens is 457 g/mol. The number of carbonyl (C=O) groups excluding carboxylic acids is 3. The minimum absolute atomic E-state index is 0.111. The highest BCUT2D eigenvalue weighted by Gasteiger charge is 2.32. The SMILES string of the molecule is CC(=O)NC[C@H]1CN(c2ccc(-c3ccc(CNC(=O)CBr)cc3)c(F)c2)C(=O)O1. The molecule has 7 nitrogen and oxygen atoms in total. The molecule has 0 unspecified atom stereocenters. The van der Waals surface area contributed by atoms with Crippen molar-refractivity contribution < 1.29 is 23.5 Å². The molecule has 2 aromatic carbocycles. The van der Waals surface area contributed by atoms with Crippen LogP contribution in [0.1, 0.15) is 12.5 Å². The van der Waals surface area contributed by atoms with Crippen LogP contribution in [0.4, 0.5) is 14.9 Å². The Morgan fingerprint density at radius 1 is 1.20 bits per heavy atom. The van der Waals surface area contributed by atoms with Crippen LogP contribution in [0.5, 0.6) is 0 Å². The summed E-state index contributed by atoms with van der Waals surface area (Å²) < 4.78 is 20.0. The minimum Gasteiger partial charge on any atom is -0.442 e. The first-order chi connectivity index (χ1) is 14.4. The molecule has 1 aliphatic rings. The summed E-state index contributed by atoms with van der Waals surface area (Å²) in [7, 11) is 0. The summed E-state index contributed by atoms with van der Waals surface area (Å²) in [4.78, 5) is 35.8. The summed E-state index contributed by atoms with van der Waals surface area (Å²) in [5, 5.41) is 5.59. The Hall–Kier alpha value is -2.94. The van der Waals surface area contributed by atoms with E-state index in [1.54, 1.807) is 24.3 Å². The van der Waals surface area contributed by atoms with E-state index in [4.69, 9.17) is 4.74 Å². The van der Waals surface area contributed by atoms with Crippen molar-refractivity contribution >= 4 is 39.5 Å². The molecule has 0 radical (unpaired) electrons.